The maximum Gasteiger partial charge on any atom is 0.286 e. The van der Waals surface area contributed by atoms with Gasteiger partial charge in [0.2, 0.25) is 0 Å². The van der Waals surface area contributed by atoms with Crippen LogP contribution in [0.5, 0.6) is 5.75 Å². The van der Waals surface area contributed by atoms with Gasteiger partial charge in [-0.3, -0.25) is 14.3 Å². The van der Waals surface area contributed by atoms with E-state index in [0.29, 0.717) is 55.9 Å². The Hall–Kier alpha value is -2.96. The van der Waals surface area contributed by atoms with E-state index in [0.717, 1.165) is 49.4 Å². The number of rotatable bonds is 5. The minimum atomic E-state index is -3.56. The third-order valence-electron chi connectivity index (χ3n) is 11.6. The van der Waals surface area contributed by atoms with Crippen LogP contribution in [0, 0.1) is 17.8 Å². The molecule has 12 heteroatoms. The first-order valence-electron chi connectivity index (χ1n) is 17.9. The fraction of sp³-hybridized carbons (Fsp3) is 0.579. The molecule has 2 fully saturated rings. The van der Waals surface area contributed by atoms with Crippen LogP contribution in [-0.2, 0) is 40.8 Å². The van der Waals surface area contributed by atoms with Crippen molar-refractivity contribution in [2.24, 2.45) is 22.1 Å². The molecule has 50 heavy (non-hydrogen) atoms. The normalized spacial score (nSPS) is 33.4. The van der Waals surface area contributed by atoms with E-state index in [9.17, 15) is 13.8 Å². The van der Waals surface area contributed by atoms with Crippen LogP contribution >= 0.6 is 11.6 Å². The van der Waals surface area contributed by atoms with Gasteiger partial charge in [-0.05, 0) is 105 Å². The van der Waals surface area contributed by atoms with Crippen molar-refractivity contribution in [1.82, 2.24) is 4.72 Å². The van der Waals surface area contributed by atoms with Gasteiger partial charge in [0.25, 0.3) is 11.8 Å². The number of halogens is 1. The Bertz CT molecular complexity index is 1770. The van der Waals surface area contributed by atoms with E-state index in [1.165, 1.54) is 11.1 Å². The number of ether oxygens (including phenoxy) is 4. The van der Waals surface area contributed by atoms with Gasteiger partial charge in [0.1, 0.15) is 28.4 Å². The van der Waals surface area contributed by atoms with Crippen molar-refractivity contribution in [3.8, 4) is 5.75 Å². The Kier molecular flexibility index (Phi) is 10.3. The Balaban J connectivity index is 1.28. The maximum atomic E-state index is 14.6. The number of anilines is 1. The number of allylic oxidation sites excluding steroid dienone is 1. The second kappa shape index (κ2) is 14.6. The second-order valence-corrected chi connectivity index (χ2v) is 17.5. The number of benzene rings is 2. The van der Waals surface area contributed by atoms with Gasteiger partial charge in [0.15, 0.2) is 0 Å². The largest absolute Gasteiger partial charge is 0.490 e. The number of fused-ring (bicyclic) bond motifs is 4. The number of amides is 2. The molecule has 1 N–H and O–H groups in total. The highest BCUT2D eigenvalue weighted by Gasteiger charge is 2.44. The average Bonchev–Trinajstić information content (AvgIpc) is 3.21. The summed E-state index contributed by atoms with van der Waals surface area (Å²) in [5.74, 6) is 0.0240. The molecule has 1 saturated heterocycles. The third-order valence-corrected chi connectivity index (χ3v) is 14.2. The SMILES string of the molecule is CO[C@H]1/C=C/C[C@H](C)[C@@H](C)S(=O)(NC(=O)COC2COC2)=NC(=O)c2ccc3c(c2)N(C[C@@H]2CC[C@H]21)C[C@@]1(CCCc2cc(Cl)ccc21)CO3. The van der Waals surface area contributed by atoms with Crippen LogP contribution in [0.15, 0.2) is 52.9 Å². The Morgan fingerprint density at radius 1 is 1.18 bits per heavy atom. The molecule has 3 heterocycles. The standard InChI is InChI=1S/C38H48ClN3O7S/c1-24-6-4-8-34(46-3)31-12-9-28(31)18-42-22-38(15-5-7-26-16-29(39)11-13-32(26)38)23-49-35-14-10-27(17-33(35)42)37(44)41-50(45,25(24)2)40-36(43)21-48-30-19-47-20-30/h4,8,10-11,13-14,16-17,24-25,28,30-31,34H,5-7,9,12,15,18-23H2,1-3H3,(H,40,41,43,44,45)/b8-4+/t24-,25+,28-,31+,34-,38-,50?/m0/s1. The van der Waals surface area contributed by atoms with Crippen LogP contribution in [0.2, 0.25) is 5.02 Å². The lowest BCUT2D eigenvalue weighted by atomic mass is 9.68. The van der Waals surface area contributed by atoms with E-state index in [-0.39, 0.29) is 30.1 Å². The summed E-state index contributed by atoms with van der Waals surface area (Å²) in [4.78, 5) is 29.4. The van der Waals surface area contributed by atoms with Gasteiger partial charge in [-0.15, -0.1) is 4.36 Å². The van der Waals surface area contributed by atoms with Gasteiger partial charge in [-0.2, -0.15) is 0 Å². The minimum Gasteiger partial charge on any atom is -0.490 e. The molecular weight excluding hydrogens is 678 g/mol. The van der Waals surface area contributed by atoms with Gasteiger partial charge < -0.3 is 23.8 Å². The van der Waals surface area contributed by atoms with Crippen LogP contribution in [0.1, 0.15) is 67.4 Å². The first-order chi connectivity index (χ1) is 24.1. The summed E-state index contributed by atoms with van der Waals surface area (Å²) >= 11 is 6.45. The summed E-state index contributed by atoms with van der Waals surface area (Å²) in [6.07, 6.45) is 9.69. The number of hydrogen-bond donors (Lipinski definition) is 1. The van der Waals surface area contributed by atoms with Crippen LogP contribution < -0.4 is 14.4 Å². The molecule has 1 spiro atoms. The molecule has 7 rings (SSSR count). The Morgan fingerprint density at radius 3 is 2.76 bits per heavy atom. The van der Waals surface area contributed by atoms with Crippen molar-refractivity contribution in [3.63, 3.8) is 0 Å². The highest BCUT2D eigenvalue weighted by Crippen LogP contribution is 2.47. The molecule has 2 amide bonds. The molecule has 2 aliphatic carbocycles. The summed E-state index contributed by atoms with van der Waals surface area (Å²) in [5.41, 5.74) is 3.39. The molecule has 270 valence electrons. The number of carbonyl (C=O) groups is 2. The number of carbonyl (C=O) groups excluding carboxylic acids is 2. The highest BCUT2D eigenvalue weighted by atomic mass is 35.5. The fourth-order valence-corrected chi connectivity index (χ4v) is 10.3. The molecule has 10 nitrogen and oxygen atoms in total. The van der Waals surface area contributed by atoms with E-state index >= 15 is 0 Å². The van der Waals surface area contributed by atoms with E-state index in [1.807, 2.05) is 25.1 Å². The first kappa shape index (κ1) is 35.4. The lowest BCUT2D eigenvalue weighted by molar-refractivity contribution is -0.147. The van der Waals surface area contributed by atoms with Gasteiger partial charge >= 0.3 is 0 Å². The molecule has 0 radical (unpaired) electrons. The molecule has 0 aromatic heterocycles. The lowest BCUT2D eigenvalue weighted by Gasteiger charge is -2.46. The topological polar surface area (TPSA) is 116 Å². The zero-order chi connectivity index (χ0) is 35.0. The Morgan fingerprint density at radius 2 is 2.02 bits per heavy atom. The van der Waals surface area contributed by atoms with Gasteiger partial charge in [-0.1, -0.05) is 36.7 Å². The van der Waals surface area contributed by atoms with E-state index in [2.05, 4.69) is 38.3 Å². The number of nitrogens with zero attached hydrogens (tertiary/aromatic N) is 2. The summed E-state index contributed by atoms with van der Waals surface area (Å²) in [6, 6.07) is 11.6. The fourth-order valence-electron chi connectivity index (χ4n) is 8.19. The van der Waals surface area contributed by atoms with Crippen molar-refractivity contribution in [2.45, 2.75) is 75.2 Å². The average molecular weight is 726 g/mol. The predicted molar refractivity (Wildman–Crippen MR) is 193 cm³/mol. The van der Waals surface area contributed by atoms with Crippen LogP contribution in [0.3, 0.4) is 0 Å². The Labute approximate surface area is 300 Å². The van der Waals surface area contributed by atoms with Crippen molar-refractivity contribution in [3.05, 3.63) is 70.3 Å². The van der Waals surface area contributed by atoms with Crippen LogP contribution in [0.25, 0.3) is 0 Å². The number of aryl methyl sites for hydroxylation is 1. The molecule has 2 bridgehead atoms. The molecule has 5 aliphatic rings. The number of hydrogen-bond acceptors (Lipinski definition) is 8. The van der Waals surface area contributed by atoms with Crippen molar-refractivity contribution < 1.29 is 32.7 Å². The summed E-state index contributed by atoms with van der Waals surface area (Å²) in [6.45, 7) is 6.27. The monoisotopic (exact) mass is 725 g/mol. The smallest absolute Gasteiger partial charge is 0.286 e. The highest BCUT2D eigenvalue weighted by molar-refractivity contribution is 7.93. The molecule has 1 unspecified atom stereocenters. The van der Waals surface area contributed by atoms with Crippen LogP contribution in [-0.4, -0.2) is 80.1 Å². The zero-order valence-corrected chi connectivity index (χ0v) is 30.7. The first-order valence-corrected chi connectivity index (χ1v) is 19.8. The van der Waals surface area contributed by atoms with Gasteiger partial charge in [0.05, 0.1) is 36.9 Å². The molecule has 3 aliphatic heterocycles. The lowest BCUT2D eigenvalue weighted by Crippen LogP contribution is -2.49. The molecule has 1 saturated carbocycles. The predicted octanol–water partition coefficient (Wildman–Crippen LogP) is 5.89. The molecule has 7 atom stereocenters. The summed E-state index contributed by atoms with van der Waals surface area (Å²) < 4.78 is 45.0. The minimum absolute atomic E-state index is 0.0624. The summed E-state index contributed by atoms with van der Waals surface area (Å²) in [5, 5.41) is 0.0984. The van der Waals surface area contributed by atoms with Gasteiger partial charge in [-0.25, -0.2) is 4.21 Å². The zero-order valence-electron chi connectivity index (χ0n) is 29.1. The molecular formula is C38H48ClN3O7S. The maximum absolute atomic E-state index is 14.6. The van der Waals surface area contributed by atoms with Gasteiger partial charge in [0, 0.05) is 36.2 Å². The van der Waals surface area contributed by atoms with Crippen LogP contribution in [0.4, 0.5) is 5.69 Å². The van der Waals surface area contributed by atoms with E-state index in [1.54, 1.807) is 20.1 Å². The van der Waals surface area contributed by atoms with Crippen molar-refractivity contribution in [1.29, 1.82) is 0 Å². The van der Waals surface area contributed by atoms with E-state index in [4.69, 9.17) is 30.5 Å². The number of methoxy groups -OCH3 is 1. The van der Waals surface area contributed by atoms with E-state index < -0.39 is 27.0 Å². The number of nitrogens with one attached hydrogen (secondary N) is 1. The molecule has 2 aromatic rings. The quantitative estimate of drug-likeness (QED) is 0.380. The second-order valence-electron chi connectivity index (χ2n) is 14.8. The molecule has 2 aromatic carbocycles. The van der Waals surface area contributed by atoms with Crippen molar-refractivity contribution in [2.75, 3.05) is 51.5 Å². The van der Waals surface area contributed by atoms with Crippen molar-refractivity contribution >= 4 is 39.0 Å². The third kappa shape index (κ3) is 7.08. The summed E-state index contributed by atoms with van der Waals surface area (Å²) in [7, 11) is -1.80.